The lowest BCUT2D eigenvalue weighted by Crippen LogP contribution is -2.40. The van der Waals surface area contributed by atoms with Crippen molar-refractivity contribution in [1.82, 2.24) is 4.90 Å². The smallest absolute Gasteiger partial charge is 0.471 e. The van der Waals surface area contributed by atoms with Gasteiger partial charge in [0.1, 0.15) is 5.75 Å². The highest BCUT2D eigenvalue weighted by molar-refractivity contribution is 5.82. The van der Waals surface area contributed by atoms with E-state index in [1.807, 2.05) is 0 Å². The SMILES string of the molecule is O=C(N1CCCC1c1ccc(O)cc1)C(F)(F)F. The van der Waals surface area contributed by atoms with E-state index in [-0.39, 0.29) is 12.3 Å². The third kappa shape index (κ3) is 2.42. The molecular weight excluding hydrogens is 247 g/mol. The molecule has 1 amide bonds. The van der Waals surface area contributed by atoms with Crippen molar-refractivity contribution in [2.75, 3.05) is 6.54 Å². The van der Waals surface area contributed by atoms with Crippen molar-refractivity contribution in [1.29, 1.82) is 0 Å². The predicted molar refractivity (Wildman–Crippen MR) is 57.8 cm³/mol. The Hall–Kier alpha value is -1.72. The van der Waals surface area contributed by atoms with Crippen molar-refractivity contribution in [2.45, 2.75) is 25.1 Å². The van der Waals surface area contributed by atoms with Crippen molar-refractivity contribution < 1.29 is 23.1 Å². The molecule has 1 aliphatic rings. The number of hydrogen-bond donors (Lipinski definition) is 1. The van der Waals surface area contributed by atoms with Gasteiger partial charge in [0.15, 0.2) is 0 Å². The van der Waals surface area contributed by atoms with Crippen LogP contribution >= 0.6 is 0 Å². The van der Waals surface area contributed by atoms with Crippen LogP contribution in [0.5, 0.6) is 5.75 Å². The summed E-state index contributed by atoms with van der Waals surface area (Å²) in [5.74, 6) is -1.75. The normalized spacial score (nSPS) is 20.2. The maximum absolute atomic E-state index is 12.4. The standard InChI is InChI=1S/C12H12F3NO2/c13-12(14,15)11(18)16-7-1-2-10(16)8-3-5-9(17)6-4-8/h3-6,10,17H,1-2,7H2. The molecule has 18 heavy (non-hydrogen) atoms. The largest absolute Gasteiger partial charge is 0.508 e. The van der Waals surface area contributed by atoms with E-state index in [0.29, 0.717) is 18.4 Å². The van der Waals surface area contributed by atoms with Gasteiger partial charge in [-0.3, -0.25) is 4.79 Å². The average Bonchev–Trinajstić information content (AvgIpc) is 2.76. The van der Waals surface area contributed by atoms with Gasteiger partial charge in [-0.25, -0.2) is 0 Å². The zero-order valence-corrected chi connectivity index (χ0v) is 9.44. The molecule has 1 aromatic rings. The van der Waals surface area contributed by atoms with Gasteiger partial charge < -0.3 is 10.0 Å². The minimum absolute atomic E-state index is 0.0467. The zero-order valence-electron chi connectivity index (χ0n) is 9.44. The zero-order chi connectivity index (χ0) is 13.3. The number of aromatic hydroxyl groups is 1. The van der Waals surface area contributed by atoms with Crippen LogP contribution in [0.4, 0.5) is 13.2 Å². The van der Waals surface area contributed by atoms with Gasteiger partial charge in [-0.2, -0.15) is 13.2 Å². The molecule has 0 aromatic heterocycles. The Morgan fingerprint density at radius 2 is 1.89 bits per heavy atom. The predicted octanol–water partition coefficient (Wildman–Crippen LogP) is 2.62. The number of amides is 1. The van der Waals surface area contributed by atoms with Crippen LogP contribution in [-0.4, -0.2) is 28.6 Å². The Labute approximate surface area is 102 Å². The fraction of sp³-hybridized carbons (Fsp3) is 0.417. The molecule has 1 heterocycles. The molecule has 1 aliphatic heterocycles. The summed E-state index contributed by atoms with van der Waals surface area (Å²) in [6.45, 7) is 0.115. The Balaban J connectivity index is 2.22. The van der Waals surface area contributed by atoms with Crippen molar-refractivity contribution in [3.63, 3.8) is 0 Å². The molecular formula is C12H12F3NO2. The lowest BCUT2D eigenvalue weighted by Gasteiger charge is -2.25. The second-order valence-electron chi connectivity index (χ2n) is 4.25. The number of nitrogens with zero attached hydrogens (tertiary/aromatic N) is 1. The first-order valence-corrected chi connectivity index (χ1v) is 5.56. The van der Waals surface area contributed by atoms with Crippen molar-refractivity contribution in [3.05, 3.63) is 29.8 Å². The van der Waals surface area contributed by atoms with Crippen LogP contribution in [0.25, 0.3) is 0 Å². The molecule has 1 aromatic carbocycles. The molecule has 3 nitrogen and oxygen atoms in total. The summed E-state index contributed by atoms with van der Waals surface area (Å²) in [5, 5.41) is 9.14. The summed E-state index contributed by atoms with van der Waals surface area (Å²) >= 11 is 0. The Morgan fingerprint density at radius 3 is 2.44 bits per heavy atom. The van der Waals surface area contributed by atoms with Crippen LogP contribution in [-0.2, 0) is 4.79 Å². The fourth-order valence-corrected chi connectivity index (χ4v) is 2.22. The lowest BCUT2D eigenvalue weighted by atomic mass is 10.0. The number of likely N-dealkylation sites (tertiary alicyclic amines) is 1. The summed E-state index contributed by atoms with van der Waals surface area (Å²) in [7, 11) is 0. The van der Waals surface area contributed by atoms with Crippen LogP contribution in [0.2, 0.25) is 0 Å². The number of alkyl halides is 3. The number of benzene rings is 1. The second-order valence-corrected chi connectivity index (χ2v) is 4.25. The minimum atomic E-state index is -4.83. The van der Waals surface area contributed by atoms with Crippen molar-refractivity contribution >= 4 is 5.91 Å². The Bertz CT molecular complexity index is 442. The third-order valence-electron chi connectivity index (χ3n) is 3.03. The van der Waals surface area contributed by atoms with Crippen LogP contribution in [0.1, 0.15) is 24.4 Å². The first kappa shape index (κ1) is 12.7. The molecule has 6 heteroatoms. The van der Waals surface area contributed by atoms with Gasteiger partial charge in [-0.15, -0.1) is 0 Å². The number of phenolic OH excluding ortho intramolecular Hbond substituents is 1. The van der Waals surface area contributed by atoms with E-state index in [4.69, 9.17) is 5.11 Å². The number of phenols is 1. The van der Waals surface area contributed by atoms with Gasteiger partial charge in [0.2, 0.25) is 0 Å². The van der Waals surface area contributed by atoms with E-state index in [0.717, 1.165) is 4.90 Å². The maximum atomic E-state index is 12.4. The van der Waals surface area contributed by atoms with Gasteiger partial charge in [0, 0.05) is 6.54 Å². The van der Waals surface area contributed by atoms with Gasteiger partial charge >= 0.3 is 12.1 Å². The number of hydrogen-bond acceptors (Lipinski definition) is 2. The molecule has 2 rings (SSSR count). The fourth-order valence-electron chi connectivity index (χ4n) is 2.22. The van der Waals surface area contributed by atoms with Gasteiger partial charge in [-0.1, -0.05) is 12.1 Å². The molecule has 1 fully saturated rings. The van der Waals surface area contributed by atoms with Crippen molar-refractivity contribution in [2.24, 2.45) is 0 Å². The summed E-state index contributed by atoms with van der Waals surface area (Å²) in [4.78, 5) is 12.1. The molecule has 1 saturated heterocycles. The summed E-state index contributed by atoms with van der Waals surface area (Å²) in [6, 6.07) is 5.34. The molecule has 0 radical (unpaired) electrons. The first-order valence-electron chi connectivity index (χ1n) is 5.56. The second kappa shape index (κ2) is 4.51. The highest BCUT2D eigenvalue weighted by atomic mass is 19.4. The highest BCUT2D eigenvalue weighted by Crippen LogP contribution is 2.35. The summed E-state index contributed by atoms with van der Waals surface area (Å²) in [5.41, 5.74) is 0.614. The molecule has 1 unspecified atom stereocenters. The van der Waals surface area contributed by atoms with E-state index in [1.54, 1.807) is 12.1 Å². The summed E-state index contributed by atoms with van der Waals surface area (Å²) in [6.07, 6.45) is -3.78. The molecule has 0 saturated carbocycles. The maximum Gasteiger partial charge on any atom is 0.471 e. The first-order chi connectivity index (χ1) is 8.39. The van der Waals surface area contributed by atoms with Gasteiger partial charge in [-0.05, 0) is 30.5 Å². The van der Waals surface area contributed by atoms with Gasteiger partial charge in [0.25, 0.3) is 0 Å². The average molecular weight is 259 g/mol. The third-order valence-corrected chi connectivity index (χ3v) is 3.03. The monoisotopic (exact) mass is 259 g/mol. The van der Waals surface area contributed by atoms with Crippen LogP contribution in [0.3, 0.4) is 0 Å². The topological polar surface area (TPSA) is 40.5 Å². The molecule has 98 valence electrons. The molecule has 0 bridgehead atoms. The number of rotatable bonds is 1. The number of carbonyl (C=O) groups excluding carboxylic acids is 1. The summed E-state index contributed by atoms with van der Waals surface area (Å²) < 4.78 is 37.3. The molecule has 0 spiro atoms. The highest BCUT2D eigenvalue weighted by Gasteiger charge is 2.46. The van der Waals surface area contributed by atoms with E-state index in [9.17, 15) is 18.0 Å². The van der Waals surface area contributed by atoms with E-state index in [2.05, 4.69) is 0 Å². The van der Waals surface area contributed by atoms with Crippen LogP contribution < -0.4 is 0 Å². The molecule has 0 aliphatic carbocycles. The minimum Gasteiger partial charge on any atom is -0.508 e. The van der Waals surface area contributed by atoms with E-state index in [1.165, 1.54) is 12.1 Å². The van der Waals surface area contributed by atoms with Crippen molar-refractivity contribution in [3.8, 4) is 5.75 Å². The van der Waals surface area contributed by atoms with Gasteiger partial charge in [0.05, 0.1) is 6.04 Å². The van der Waals surface area contributed by atoms with Crippen LogP contribution in [0, 0.1) is 0 Å². The Morgan fingerprint density at radius 1 is 1.28 bits per heavy atom. The molecule has 1 N–H and O–H groups in total. The molecule has 1 atom stereocenters. The van der Waals surface area contributed by atoms with E-state index >= 15 is 0 Å². The number of carbonyl (C=O) groups is 1. The van der Waals surface area contributed by atoms with Crippen LogP contribution in [0.15, 0.2) is 24.3 Å². The quantitative estimate of drug-likeness (QED) is 0.842. The van der Waals surface area contributed by atoms with E-state index < -0.39 is 18.1 Å². The lowest BCUT2D eigenvalue weighted by molar-refractivity contribution is -0.186. The Kier molecular flexibility index (Phi) is 3.19. The number of halogens is 3.